The van der Waals surface area contributed by atoms with Gasteiger partial charge in [-0.2, -0.15) is 5.10 Å². The van der Waals surface area contributed by atoms with Crippen LogP contribution in [0, 0.1) is 5.82 Å². The van der Waals surface area contributed by atoms with Gasteiger partial charge in [-0.05, 0) is 61.4 Å². The van der Waals surface area contributed by atoms with Gasteiger partial charge in [0.25, 0.3) is 5.91 Å². The van der Waals surface area contributed by atoms with Crippen LogP contribution in [0.3, 0.4) is 0 Å². The zero-order valence-electron chi connectivity index (χ0n) is 21.8. The van der Waals surface area contributed by atoms with E-state index in [-0.39, 0.29) is 17.5 Å². The van der Waals surface area contributed by atoms with Crippen LogP contribution in [0.5, 0.6) is 11.5 Å². The molecule has 0 aliphatic heterocycles. The molecule has 1 aliphatic rings. The lowest BCUT2D eigenvalue weighted by Crippen LogP contribution is -2.41. The average molecular weight is 550 g/mol. The fourth-order valence-corrected chi connectivity index (χ4v) is 5.27. The SMILES string of the molecule is COc1ccc(-c2nc(-c3ccncc3)nn2CCN(C(=O)c2cc(F)ccc2OC)C2CCCC2)cc1Cl. The Balaban J connectivity index is 1.50. The lowest BCUT2D eigenvalue weighted by Gasteiger charge is -2.30. The topological polar surface area (TPSA) is 82.4 Å². The summed E-state index contributed by atoms with van der Waals surface area (Å²) in [5.74, 6) is 1.30. The summed E-state index contributed by atoms with van der Waals surface area (Å²) < 4.78 is 26.6. The molecule has 1 fully saturated rings. The maximum Gasteiger partial charge on any atom is 0.258 e. The maximum absolute atomic E-state index is 14.2. The molecule has 0 N–H and O–H groups in total. The number of carbonyl (C=O) groups excluding carboxylic acids is 1. The number of halogens is 2. The Labute approximate surface area is 231 Å². The molecule has 0 unspecified atom stereocenters. The van der Waals surface area contributed by atoms with Crippen LogP contribution < -0.4 is 9.47 Å². The van der Waals surface area contributed by atoms with E-state index in [1.54, 1.807) is 36.3 Å². The van der Waals surface area contributed by atoms with Crippen LogP contribution in [0.2, 0.25) is 5.02 Å². The van der Waals surface area contributed by atoms with Gasteiger partial charge >= 0.3 is 0 Å². The zero-order valence-corrected chi connectivity index (χ0v) is 22.6. The van der Waals surface area contributed by atoms with E-state index >= 15 is 0 Å². The van der Waals surface area contributed by atoms with Crippen molar-refractivity contribution >= 4 is 17.5 Å². The Morgan fingerprint density at radius 2 is 1.74 bits per heavy atom. The number of pyridine rings is 1. The smallest absolute Gasteiger partial charge is 0.258 e. The first-order valence-electron chi connectivity index (χ1n) is 12.8. The van der Waals surface area contributed by atoms with Gasteiger partial charge in [-0.1, -0.05) is 24.4 Å². The summed E-state index contributed by atoms with van der Waals surface area (Å²) in [6.45, 7) is 0.732. The van der Waals surface area contributed by atoms with Gasteiger partial charge < -0.3 is 14.4 Å². The number of hydrogen-bond donors (Lipinski definition) is 0. The number of benzene rings is 2. The molecule has 0 radical (unpaired) electrons. The first-order chi connectivity index (χ1) is 19.0. The molecule has 1 saturated carbocycles. The van der Waals surface area contributed by atoms with E-state index in [4.69, 9.17) is 31.2 Å². The van der Waals surface area contributed by atoms with Crippen molar-refractivity contribution in [2.24, 2.45) is 0 Å². The van der Waals surface area contributed by atoms with Crippen LogP contribution in [0.25, 0.3) is 22.8 Å². The number of ether oxygens (including phenoxy) is 2. The molecule has 39 heavy (non-hydrogen) atoms. The first kappa shape index (κ1) is 26.6. The second kappa shape index (κ2) is 11.8. The van der Waals surface area contributed by atoms with Crippen molar-refractivity contribution in [2.75, 3.05) is 20.8 Å². The molecule has 8 nitrogen and oxygen atoms in total. The molecule has 4 aromatic rings. The molecule has 0 atom stereocenters. The highest BCUT2D eigenvalue weighted by Gasteiger charge is 2.30. The molecule has 202 valence electrons. The quantitative estimate of drug-likeness (QED) is 0.258. The molecule has 0 bridgehead atoms. The summed E-state index contributed by atoms with van der Waals surface area (Å²) in [5.41, 5.74) is 1.79. The first-order valence-corrected chi connectivity index (χ1v) is 13.2. The molecule has 5 rings (SSSR count). The minimum absolute atomic E-state index is 0.0487. The van der Waals surface area contributed by atoms with E-state index in [1.165, 1.54) is 25.3 Å². The van der Waals surface area contributed by atoms with E-state index in [1.807, 2.05) is 23.1 Å². The van der Waals surface area contributed by atoms with Gasteiger partial charge in [0.2, 0.25) is 0 Å². The summed E-state index contributed by atoms with van der Waals surface area (Å²) in [7, 11) is 3.04. The van der Waals surface area contributed by atoms with Crippen molar-refractivity contribution in [1.29, 1.82) is 0 Å². The summed E-state index contributed by atoms with van der Waals surface area (Å²) >= 11 is 6.43. The Morgan fingerprint density at radius 1 is 1.03 bits per heavy atom. The monoisotopic (exact) mass is 549 g/mol. The number of amides is 1. The Hall–Kier alpha value is -3.98. The minimum Gasteiger partial charge on any atom is -0.496 e. The Bertz CT molecular complexity index is 1460. The lowest BCUT2D eigenvalue weighted by atomic mass is 10.1. The third kappa shape index (κ3) is 5.73. The molecule has 1 aliphatic carbocycles. The molecule has 2 aromatic heterocycles. The molecule has 2 aromatic carbocycles. The molecule has 0 spiro atoms. The van der Waals surface area contributed by atoms with Gasteiger partial charge in [-0.15, -0.1) is 0 Å². The summed E-state index contributed by atoms with van der Waals surface area (Å²) in [4.78, 5) is 24.5. The summed E-state index contributed by atoms with van der Waals surface area (Å²) in [6.07, 6.45) is 7.24. The van der Waals surface area contributed by atoms with E-state index in [9.17, 15) is 9.18 Å². The molecule has 1 amide bonds. The summed E-state index contributed by atoms with van der Waals surface area (Å²) in [5, 5.41) is 5.24. The van der Waals surface area contributed by atoms with E-state index in [0.717, 1.165) is 36.8 Å². The molecule has 0 saturated heterocycles. The second-order valence-corrected chi connectivity index (χ2v) is 9.76. The highest BCUT2D eigenvalue weighted by Crippen LogP contribution is 2.32. The van der Waals surface area contributed by atoms with Crippen molar-refractivity contribution in [2.45, 2.75) is 38.3 Å². The lowest BCUT2D eigenvalue weighted by molar-refractivity contribution is 0.0668. The van der Waals surface area contributed by atoms with Crippen LogP contribution in [-0.2, 0) is 6.54 Å². The molecular weight excluding hydrogens is 521 g/mol. The maximum atomic E-state index is 14.2. The van der Waals surface area contributed by atoms with E-state index in [2.05, 4.69) is 4.98 Å². The Morgan fingerprint density at radius 3 is 2.44 bits per heavy atom. The third-order valence-corrected chi connectivity index (χ3v) is 7.29. The van der Waals surface area contributed by atoms with Gasteiger partial charge in [0.1, 0.15) is 17.3 Å². The number of nitrogens with zero attached hydrogens (tertiary/aromatic N) is 5. The van der Waals surface area contributed by atoms with Crippen LogP contribution in [0.1, 0.15) is 36.0 Å². The predicted octanol–water partition coefficient (Wildman–Crippen LogP) is 5.90. The van der Waals surface area contributed by atoms with Crippen molar-refractivity contribution in [3.05, 3.63) is 77.3 Å². The highest BCUT2D eigenvalue weighted by atomic mass is 35.5. The van der Waals surface area contributed by atoms with Crippen molar-refractivity contribution in [1.82, 2.24) is 24.6 Å². The normalized spacial score (nSPS) is 13.4. The van der Waals surface area contributed by atoms with Gasteiger partial charge in [0.05, 0.1) is 31.4 Å². The predicted molar refractivity (Wildman–Crippen MR) is 146 cm³/mol. The fraction of sp³-hybridized carbons (Fsp3) is 0.310. The number of hydrogen-bond acceptors (Lipinski definition) is 6. The molecular formula is C29H29ClFN5O3. The van der Waals surface area contributed by atoms with Crippen molar-refractivity contribution in [3.63, 3.8) is 0 Å². The standard InChI is InChI=1S/C29H29ClFN5O3/c1-38-25-10-8-21(31)18-23(25)29(37)35(22-5-3-4-6-22)15-16-36-28(20-7-9-26(39-2)24(30)17-20)33-27(34-36)19-11-13-32-14-12-19/h7-14,17-18,22H,3-6,15-16H2,1-2H3. The molecule has 2 heterocycles. The van der Waals surface area contributed by atoms with Gasteiger partial charge in [-0.3, -0.25) is 9.78 Å². The number of carbonyl (C=O) groups is 1. The van der Waals surface area contributed by atoms with Crippen LogP contribution in [0.15, 0.2) is 60.9 Å². The highest BCUT2D eigenvalue weighted by molar-refractivity contribution is 6.32. The third-order valence-electron chi connectivity index (χ3n) is 6.99. The van der Waals surface area contributed by atoms with Crippen molar-refractivity contribution in [3.8, 4) is 34.3 Å². The molecule has 10 heteroatoms. The second-order valence-electron chi connectivity index (χ2n) is 9.35. The average Bonchev–Trinajstić information content (AvgIpc) is 3.64. The number of rotatable bonds is 9. The Kier molecular flexibility index (Phi) is 8.07. The van der Waals surface area contributed by atoms with E-state index < -0.39 is 5.82 Å². The number of aromatic nitrogens is 4. The van der Waals surface area contributed by atoms with E-state index in [0.29, 0.717) is 41.3 Å². The zero-order chi connectivity index (χ0) is 27.4. The summed E-state index contributed by atoms with van der Waals surface area (Å²) in [6, 6.07) is 13.2. The van der Waals surface area contributed by atoms with Gasteiger partial charge in [0.15, 0.2) is 11.6 Å². The van der Waals surface area contributed by atoms with Crippen LogP contribution >= 0.6 is 11.6 Å². The van der Waals surface area contributed by atoms with Crippen LogP contribution in [0.4, 0.5) is 4.39 Å². The number of methoxy groups -OCH3 is 2. The minimum atomic E-state index is -0.484. The largest absolute Gasteiger partial charge is 0.496 e. The van der Waals surface area contributed by atoms with Gasteiger partial charge in [0, 0.05) is 36.1 Å². The van der Waals surface area contributed by atoms with Crippen molar-refractivity contribution < 1.29 is 18.7 Å². The van der Waals surface area contributed by atoms with Crippen LogP contribution in [-0.4, -0.2) is 57.4 Å². The fourth-order valence-electron chi connectivity index (χ4n) is 5.01. The van der Waals surface area contributed by atoms with Gasteiger partial charge in [-0.25, -0.2) is 14.1 Å².